The van der Waals surface area contributed by atoms with Gasteiger partial charge in [0.25, 0.3) is 15.9 Å². The summed E-state index contributed by atoms with van der Waals surface area (Å²) >= 11 is 0. The van der Waals surface area contributed by atoms with Crippen LogP contribution in [0.3, 0.4) is 0 Å². The number of anilines is 1. The maximum absolute atomic E-state index is 12.8. The first kappa shape index (κ1) is 24.6. The summed E-state index contributed by atoms with van der Waals surface area (Å²) in [6.07, 6.45) is 0.603. The minimum atomic E-state index is -3.99. The standard InChI is InChI=1S/C24H25N3O6S/c1-32-19-9-5-7-17(15-19)13-14-23(28)25-26-24(29)18-8-6-10-20(16-18)34(30,31)27-21-11-3-4-12-22(21)33-2/h3-12,15-16,27H,13-14H2,1-2H3,(H,25,28)(H,26,29). The van der Waals surface area contributed by atoms with Crippen LogP contribution in [0.25, 0.3) is 0 Å². The predicted molar refractivity (Wildman–Crippen MR) is 127 cm³/mol. The maximum Gasteiger partial charge on any atom is 0.269 e. The second-order valence-corrected chi connectivity index (χ2v) is 8.87. The van der Waals surface area contributed by atoms with Gasteiger partial charge >= 0.3 is 0 Å². The van der Waals surface area contributed by atoms with Gasteiger partial charge in [0, 0.05) is 12.0 Å². The zero-order valence-corrected chi connectivity index (χ0v) is 19.5. The third-order valence-corrected chi connectivity index (χ3v) is 6.21. The van der Waals surface area contributed by atoms with E-state index < -0.39 is 21.8 Å². The molecule has 10 heteroatoms. The number of ether oxygens (including phenoxy) is 2. The van der Waals surface area contributed by atoms with E-state index in [9.17, 15) is 18.0 Å². The zero-order chi connectivity index (χ0) is 24.6. The smallest absolute Gasteiger partial charge is 0.269 e. The third kappa shape index (κ3) is 6.48. The molecule has 0 atom stereocenters. The van der Waals surface area contributed by atoms with Gasteiger partial charge in [0.15, 0.2) is 0 Å². The fourth-order valence-electron chi connectivity index (χ4n) is 3.08. The van der Waals surface area contributed by atoms with E-state index in [-0.39, 0.29) is 22.6 Å². The number of benzene rings is 3. The Morgan fingerprint density at radius 3 is 2.38 bits per heavy atom. The van der Waals surface area contributed by atoms with Crippen LogP contribution in [0.4, 0.5) is 5.69 Å². The molecule has 0 unspecified atom stereocenters. The molecule has 0 spiro atoms. The molecular formula is C24H25N3O6S. The molecule has 3 N–H and O–H groups in total. The summed E-state index contributed by atoms with van der Waals surface area (Å²) in [5.74, 6) is 0.0136. The minimum absolute atomic E-state index is 0.0657. The number of hydrogen-bond donors (Lipinski definition) is 3. The second-order valence-electron chi connectivity index (χ2n) is 7.19. The van der Waals surface area contributed by atoms with Gasteiger partial charge in [0.05, 0.1) is 24.8 Å². The van der Waals surface area contributed by atoms with Crippen molar-refractivity contribution in [1.29, 1.82) is 0 Å². The zero-order valence-electron chi connectivity index (χ0n) is 18.7. The summed E-state index contributed by atoms with van der Waals surface area (Å²) in [7, 11) is -0.987. The monoisotopic (exact) mass is 483 g/mol. The SMILES string of the molecule is COc1cccc(CCC(=O)NNC(=O)c2cccc(S(=O)(=O)Nc3ccccc3OC)c2)c1. The highest BCUT2D eigenvalue weighted by Gasteiger charge is 2.18. The first-order valence-electron chi connectivity index (χ1n) is 10.3. The highest BCUT2D eigenvalue weighted by atomic mass is 32.2. The molecule has 0 bridgehead atoms. The quantitative estimate of drug-likeness (QED) is 0.402. The number of nitrogens with one attached hydrogen (secondary N) is 3. The highest BCUT2D eigenvalue weighted by molar-refractivity contribution is 7.92. The molecule has 178 valence electrons. The number of carbonyl (C=O) groups is 2. The molecule has 3 rings (SSSR count). The first-order chi connectivity index (χ1) is 16.3. The molecule has 0 aliphatic heterocycles. The van der Waals surface area contributed by atoms with Crippen molar-refractivity contribution in [1.82, 2.24) is 10.9 Å². The first-order valence-corrected chi connectivity index (χ1v) is 11.8. The van der Waals surface area contributed by atoms with Crippen molar-refractivity contribution in [2.45, 2.75) is 17.7 Å². The van der Waals surface area contributed by atoms with Crippen LogP contribution in [0.2, 0.25) is 0 Å². The Morgan fingerprint density at radius 1 is 0.853 bits per heavy atom. The second kappa shape index (κ2) is 11.2. The van der Waals surface area contributed by atoms with Crippen LogP contribution < -0.4 is 25.0 Å². The molecule has 0 fully saturated rings. The predicted octanol–water partition coefficient (Wildman–Crippen LogP) is 2.90. The number of para-hydroxylation sites is 2. The van der Waals surface area contributed by atoms with Crippen molar-refractivity contribution in [3.8, 4) is 11.5 Å². The molecule has 0 aromatic heterocycles. The van der Waals surface area contributed by atoms with E-state index in [0.29, 0.717) is 17.9 Å². The highest BCUT2D eigenvalue weighted by Crippen LogP contribution is 2.26. The summed E-state index contributed by atoms with van der Waals surface area (Å²) in [4.78, 5) is 24.5. The Hall–Kier alpha value is -4.05. The lowest BCUT2D eigenvalue weighted by Crippen LogP contribution is -2.41. The van der Waals surface area contributed by atoms with Crippen molar-refractivity contribution >= 4 is 27.5 Å². The molecule has 0 aliphatic rings. The molecule has 3 aromatic carbocycles. The van der Waals surface area contributed by atoms with E-state index in [1.165, 1.54) is 31.4 Å². The molecule has 0 saturated heterocycles. The van der Waals surface area contributed by atoms with Gasteiger partial charge in [0.1, 0.15) is 11.5 Å². The fourth-order valence-corrected chi connectivity index (χ4v) is 4.20. The summed E-state index contributed by atoms with van der Waals surface area (Å²) in [6.45, 7) is 0. The average molecular weight is 484 g/mol. The van der Waals surface area contributed by atoms with E-state index in [2.05, 4.69) is 15.6 Å². The Labute approximate surface area is 198 Å². The molecule has 0 heterocycles. The number of carbonyl (C=O) groups excluding carboxylic acids is 2. The van der Waals surface area contributed by atoms with Gasteiger partial charge in [-0.25, -0.2) is 8.42 Å². The number of hydrazine groups is 1. The van der Waals surface area contributed by atoms with E-state index in [0.717, 1.165) is 5.56 Å². The van der Waals surface area contributed by atoms with Gasteiger partial charge in [-0.1, -0.05) is 30.3 Å². The van der Waals surface area contributed by atoms with Crippen LogP contribution in [0, 0.1) is 0 Å². The van der Waals surface area contributed by atoms with Crippen molar-refractivity contribution in [2.75, 3.05) is 18.9 Å². The van der Waals surface area contributed by atoms with Gasteiger partial charge in [-0.2, -0.15) is 0 Å². The van der Waals surface area contributed by atoms with E-state index in [4.69, 9.17) is 9.47 Å². The van der Waals surface area contributed by atoms with E-state index in [1.54, 1.807) is 31.4 Å². The summed E-state index contributed by atoms with van der Waals surface area (Å²) in [6, 6.07) is 19.4. The lowest BCUT2D eigenvalue weighted by molar-refractivity contribution is -0.121. The van der Waals surface area contributed by atoms with Crippen molar-refractivity contribution in [3.05, 3.63) is 83.9 Å². The maximum atomic E-state index is 12.8. The summed E-state index contributed by atoms with van der Waals surface area (Å²) < 4.78 is 38.4. The Kier molecular flexibility index (Phi) is 8.10. The van der Waals surface area contributed by atoms with Gasteiger partial charge in [0.2, 0.25) is 5.91 Å². The van der Waals surface area contributed by atoms with Crippen LogP contribution in [0.5, 0.6) is 11.5 Å². The summed E-state index contributed by atoms with van der Waals surface area (Å²) in [5.41, 5.74) is 5.90. The van der Waals surface area contributed by atoms with E-state index >= 15 is 0 Å². The van der Waals surface area contributed by atoms with Crippen LogP contribution in [0.1, 0.15) is 22.3 Å². The molecule has 34 heavy (non-hydrogen) atoms. The Bertz CT molecular complexity index is 1280. The van der Waals surface area contributed by atoms with Crippen LogP contribution in [-0.4, -0.2) is 34.5 Å². The van der Waals surface area contributed by atoms with Crippen LogP contribution >= 0.6 is 0 Å². The number of hydrogen-bond acceptors (Lipinski definition) is 6. The van der Waals surface area contributed by atoms with Crippen molar-refractivity contribution in [2.24, 2.45) is 0 Å². The largest absolute Gasteiger partial charge is 0.497 e. The van der Waals surface area contributed by atoms with Crippen LogP contribution in [0.15, 0.2) is 77.7 Å². The van der Waals surface area contributed by atoms with Crippen molar-refractivity contribution in [3.63, 3.8) is 0 Å². The topological polar surface area (TPSA) is 123 Å². The molecule has 2 amide bonds. The van der Waals surface area contributed by atoms with Crippen molar-refractivity contribution < 1.29 is 27.5 Å². The van der Waals surface area contributed by atoms with Gasteiger partial charge in [-0.05, 0) is 54.4 Å². The molecule has 0 radical (unpaired) electrons. The Balaban J connectivity index is 1.60. The van der Waals surface area contributed by atoms with Gasteiger partial charge in [-0.15, -0.1) is 0 Å². The number of rotatable bonds is 9. The molecule has 3 aromatic rings. The summed E-state index contributed by atoms with van der Waals surface area (Å²) in [5, 5.41) is 0. The minimum Gasteiger partial charge on any atom is -0.497 e. The lowest BCUT2D eigenvalue weighted by atomic mass is 10.1. The Morgan fingerprint density at radius 2 is 1.62 bits per heavy atom. The normalized spacial score (nSPS) is 10.8. The third-order valence-electron chi connectivity index (χ3n) is 4.85. The molecule has 0 aliphatic carbocycles. The molecule has 9 nitrogen and oxygen atoms in total. The molecule has 0 saturated carbocycles. The van der Waals surface area contributed by atoms with Crippen LogP contribution in [-0.2, 0) is 21.2 Å². The fraction of sp³-hybridized carbons (Fsp3) is 0.167. The van der Waals surface area contributed by atoms with E-state index in [1.807, 2.05) is 24.3 Å². The number of methoxy groups -OCH3 is 2. The van der Waals surface area contributed by atoms with Gasteiger partial charge < -0.3 is 9.47 Å². The average Bonchev–Trinajstić information content (AvgIpc) is 2.86. The number of aryl methyl sites for hydroxylation is 1. The number of sulfonamides is 1. The van der Waals surface area contributed by atoms with Gasteiger partial charge in [-0.3, -0.25) is 25.2 Å². The lowest BCUT2D eigenvalue weighted by Gasteiger charge is -2.12. The molecular weight excluding hydrogens is 458 g/mol. The number of amides is 2.